The highest BCUT2D eigenvalue weighted by atomic mass is 16.6. The molecule has 2 unspecified atom stereocenters. The average Bonchev–Trinajstić information content (AvgIpc) is 2.86. The summed E-state index contributed by atoms with van der Waals surface area (Å²) in [5.74, 6) is -1.67. The van der Waals surface area contributed by atoms with E-state index in [1.165, 1.54) is 6.92 Å². The number of esters is 1. The summed E-state index contributed by atoms with van der Waals surface area (Å²) in [5.41, 5.74) is 1.20. The second kappa shape index (κ2) is 15.5. The number of ether oxygens (including phenoxy) is 2. The fourth-order valence-electron chi connectivity index (χ4n) is 3.78. The van der Waals surface area contributed by atoms with Crippen LogP contribution in [0.1, 0.15) is 64.5 Å². The van der Waals surface area contributed by atoms with Crippen molar-refractivity contribution in [2.24, 2.45) is 5.92 Å². The van der Waals surface area contributed by atoms with Gasteiger partial charge < -0.3 is 20.1 Å². The molecule has 2 atom stereocenters. The fourth-order valence-corrected chi connectivity index (χ4v) is 3.78. The Morgan fingerprint density at radius 1 is 0.868 bits per heavy atom. The van der Waals surface area contributed by atoms with Gasteiger partial charge in [0.25, 0.3) is 0 Å². The van der Waals surface area contributed by atoms with E-state index in [4.69, 9.17) is 9.47 Å². The summed E-state index contributed by atoms with van der Waals surface area (Å²) in [4.78, 5) is 50.0. The van der Waals surface area contributed by atoms with E-state index in [0.29, 0.717) is 32.2 Å². The average molecular weight is 525 g/mol. The van der Waals surface area contributed by atoms with E-state index < -0.39 is 29.6 Å². The standard InChI is InChI=1S/C30H40N2O6/c1-22(33)26(19-23-13-7-5-8-14-23)32-28(35)25(17-11-12-18-31-29(36)38-30(2,3)4)20-27(34)37-21-24-15-9-6-10-16-24/h5-10,13-16,25-26H,11-12,17-21H2,1-4H3,(H,31,36)(H,32,35). The highest BCUT2D eigenvalue weighted by molar-refractivity contribution is 5.90. The Kier molecular flexibility index (Phi) is 12.5. The molecule has 8 heteroatoms. The molecule has 0 saturated carbocycles. The molecule has 0 spiro atoms. The number of unbranched alkanes of at least 4 members (excludes halogenated alkanes) is 1. The molecule has 0 radical (unpaired) electrons. The molecule has 2 aromatic rings. The van der Waals surface area contributed by atoms with Gasteiger partial charge in [-0.3, -0.25) is 14.4 Å². The number of rotatable bonds is 14. The summed E-state index contributed by atoms with van der Waals surface area (Å²) in [7, 11) is 0. The maximum atomic E-state index is 13.2. The van der Waals surface area contributed by atoms with Crippen molar-refractivity contribution in [3.05, 3.63) is 71.8 Å². The van der Waals surface area contributed by atoms with Gasteiger partial charge in [-0.05, 0) is 58.1 Å². The van der Waals surface area contributed by atoms with Crippen LogP contribution in [0.4, 0.5) is 4.79 Å². The minimum Gasteiger partial charge on any atom is -0.461 e. The maximum absolute atomic E-state index is 13.2. The molecule has 206 valence electrons. The predicted octanol–water partition coefficient (Wildman–Crippen LogP) is 4.75. The van der Waals surface area contributed by atoms with Crippen molar-refractivity contribution in [3.8, 4) is 0 Å². The van der Waals surface area contributed by atoms with Crippen molar-refractivity contribution in [2.75, 3.05) is 6.54 Å². The van der Waals surface area contributed by atoms with Crippen LogP contribution in [-0.4, -0.2) is 41.9 Å². The van der Waals surface area contributed by atoms with Crippen LogP contribution in [0.25, 0.3) is 0 Å². The van der Waals surface area contributed by atoms with Gasteiger partial charge in [0, 0.05) is 12.5 Å². The number of Topliss-reactive ketones (excluding diaryl/α,β-unsaturated/α-hetero) is 1. The van der Waals surface area contributed by atoms with Gasteiger partial charge in [-0.15, -0.1) is 0 Å². The van der Waals surface area contributed by atoms with E-state index in [9.17, 15) is 19.2 Å². The van der Waals surface area contributed by atoms with Gasteiger partial charge in [0.1, 0.15) is 12.2 Å². The number of hydrogen-bond donors (Lipinski definition) is 2. The van der Waals surface area contributed by atoms with Gasteiger partial charge in [-0.25, -0.2) is 4.79 Å². The van der Waals surface area contributed by atoms with E-state index in [1.54, 1.807) is 20.8 Å². The highest BCUT2D eigenvalue weighted by Crippen LogP contribution is 2.17. The lowest BCUT2D eigenvalue weighted by Crippen LogP contribution is -2.44. The Bertz CT molecular complexity index is 1030. The van der Waals surface area contributed by atoms with Gasteiger partial charge in [0.05, 0.1) is 12.5 Å². The third kappa shape index (κ3) is 12.5. The lowest BCUT2D eigenvalue weighted by molar-refractivity contribution is -0.148. The molecule has 8 nitrogen and oxygen atoms in total. The predicted molar refractivity (Wildman–Crippen MR) is 145 cm³/mol. The molecule has 0 saturated heterocycles. The van der Waals surface area contributed by atoms with Crippen molar-refractivity contribution < 1.29 is 28.7 Å². The molecular formula is C30H40N2O6. The lowest BCUT2D eigenvalue weighted by atomic mass is 9.95. The van der Waals surface area contributed by atoms with Crippen LogP contribution in [0, 0.1) is 5.92 Å². The topological polar surface area (TPSA) is 111 Å². The number of nitrogens with one attached hydrogen (secondary N) is 2. The van der Waals surface area contributed by atoms with E-state index in [1.807, 2.05) is 60.7 Å². The molecule has 0 fully saturated rings. The van der Waals surface area contributed by atoms with E-state index in [-0.39, 0.29) is 24.7 Å². The zero-order chi connectivity index (χ0) is 28.0. The molecule has 2 aromatic carbocycles. The highest BCUT2D eigenvalue weighted by Gasteiger charge is 2.26. The van der Waals surface area contributed by atoms with Crippen molar-refractivity contribution in [2.45, 2.75) is 78.0 Å². The smallest absolute Gasteiger partial charge is 0.407 e. The lowest BCUT2D eigenvalue weighted by Gasteiger charge is -2.21. The van der Waals surface area contributed by atoms with Crippen LogP contribution in [0.3, 0.4) is 0 Å². The number of benzene rings is 2. The largest absolute Gasteiger partial charge is 0.461 e. The van der Waals surface area contributed by atoms with Crippen LogP contribution in [-0.2, 0) is 36.9 Å². The normalized spacial score (nSPS) is 12.6. The molecule has 2 rings (SSSR count). The number of amides is 2. The van der Waals surface area contributed by atoms with E-state index in [0.717, 1.165) is 11.1 Å². The first-order valence-electron chi connectivity index (χ1n) is 13.0. The summed E-state index contributed by atoms with van der Waals surface area (Å²) in [6, 6.07) is 18.1. The maximum Gasteiger partial charge on any atom is 0.407 e. The molecule has 0 heterocycles. The van der Waals surface area contributed by atoms with Gasteiger partial charge in [0.2, 0.25) is 5.91 Å². The number of alkyl carbamates (subject to hydrolysis) is 1. The third-order valence-electron chi connectivity index (χ3n) is 5.76. The van der Waals surface area contributed by atoms with Crippen LogP contribution in [0.15, 0.2) is 60.7 Å². The molecule has 38 heavy (non-hydrogen) atoms. The molecular weight excluding hydrogens is 484 g/mol. The van der Waals surface area contributed by atoms with Crippen LogP contribution >= 0.6 is 0 Å². The van der Waals surface area contributed by atoms with Crippen LogP contribution < -0.4 is 10.6 Å². The monoisotopic (exact) mass is 524 g/mol. The quantitative estimate of drug-likeness (QED) is 0.273. The zero-order valence-electron chi connectivity index (χ0n) is 22.8. The van der Waals surface area contributed by atoms with Gasteiger partial charge in [-0.2, -0.15) is 0 Å². The minimum absolute atomic E-state index is 0.103. The molecule has 0 aromatic heterocycles. The first-order valence-corrected chi connectivity index (χ1v) is 13.0. The van der Waals surface area contributed by atoms with Crippen LogP contribution in [0.2, 0.25) is 0 Å². The van der Waals surface area contributed by atoms with Crippen molar-refractivity contribution in [3.63, 3.8) is 0 Å². The number of carbonyl (C=O) groups excluding carboxylic acids is 4. The van der Waals surface area contributed by atoms with Crippen molar-refractivity contribution >= 4 is 23.8 Å². The Balaban J connectivity index is 1.96. The number of ketones is 1. The molecule has 0 bridgehead atoms. The number of hydrogen-bond acceptors (Lipinski definition) is 6. The minimum atomic E-state index is -0.693. The summed E-state index contributed by atoms with van der Waals surface area (Å²) in [5, 5.41) is 5.54. The summed E-state index contributed by atoms with van der Waals surface area (Å²) < 4.78 is 10.6. The Morgan fingerprint density at radius 2 is 1.47 bits per heavy atom. The first-order chi connectivity index (χ1) is 18.0. The second-order valence-corrected chi connectivity index (χ2v) is 10.3. The summed E-state index contributed by atoms with van der Waals surface area (Å²) in [6.45, 7) is 7.32. The number of carbonyl (C=O) groups is 4. The zero-order valence-corrected chi connectivity index (χ0v) is 22.8. The van der Waals surface area contributed by atoms with E-state index >= 15 is 0 Å². The third-order valence-corrected chi connectivity index (χ3v) is 5.76. The van der Waals surface area contributed by atoms with Crippen molar-refractivity contribution in [1.29, 1.82) is 0 Å². The van der Waals surface area contributed by atoms with Gasteiger partial charge in [0.15, 0.2) is 5.78 Å². The molecule has 2 N–H and O–H groups in total. The fraction of sp³-hybridized carbons (Fsp3) is 0.467. The van der Waals surface area contributed by atoms with Gasteiger partial charge >= 0.3 is 12.1 Å². The second-order valence-electron chi connectivity index (χ2n) is 10.3. The molecule has 2 amide bonds. The Labute approximate surface area is 225 Å². The van der Waals surface area contributed by atoms with Gasteiger partial charge in [-0.1, -0.05) is 67.1 Å². The first kappa shape index (κ1) is 30.5. The summed E-state index contributed by atoms with van der Waals surface area (Å²) in [6.07, 6.45) is 1.35. The summed E-state index contributed by atoms with van der Waals surface area (Å²) >= 11 is 0. The SMILES string of the molecule is CC(=O)C(Cc1ccccc1)NC(=O)C(CCCCNC(=O)OC(C)(C)C)CC(=O)OCc1ccccc1. The molecule has 0 aliphatic carbocycles. The molecule has 0 aliphatic heterocycles. The van der Waals surface area contributed by atoms with Crippen molar-refractivity contribution in [1.82, 2.24) is 10.6 Å². The van der Waals surface area contributed by atoms with E-state index in [2.05, 4.69) is 10.6 Å². The van der Waals surface area contributed by atoms with Crippen LogP contribution in [0.5, 0.6) is 0 Å². The Hall–Kier alpha value is -3.68. The Morgan fingerprint density at radius 3 is 2.05 bits per heavy atom. The molecule has 0 aliphatic rings.